The first-order valence-corrected chi connectivity index (χ1v) is 4.89. The summed E-state index contributed by atoms with van der Waals surface area (Å²) in [5.41, 5.74) is 1.45. The van der Waals surface area contributed by atoms with E-state index in [1.807, 2.05) is 30.3 Å². The molecule has 0 bridgehead atoms. The predicted molar refractivity (Wildman–Crippen MR) is 60.9 cm³/mol. The number of anilines is 1. The highest BCUT2D eigenvalue weighted by atomic mass is 16.4. The van der Waals surface area contributed by atoms with Crippen molar-refractivity contribution in [1.29, 1.82) is 0 Å². The van der Waals surface area contributed by atoms with Gasteiger partial charge in [0.25, 0.3) is 0 Å². The molecule has 0 radical (unpaired) electrons. The van der Waals surface area contributed by atoms with Gasteiger partial charge in [-0.2, -0.15) is 0 Å². The van der Waals surface area contributed by atoms with Gasteiger partial charge in [-0.1, -0.05) is 24.3 Å². The fourth-order valence-electron chi connectivity index (χ4n) is 1.15. The van der Waals surface area contributed by atoms with Crippen molar-refractivity contribution in [1.82, 2.24) is 0 Å². The molecule has 0 amide bonds. The lowest BCUT2D eigenvalue weighted by Gasteiger charge is -2.03. The van der Waals surface area contributed by atoms with E-state index in [2.05, 4.69) is 5.32 Å². The average Bonchev–Trinajstić information content (AvgIpc) is 2.25. The summed E-state index contributed by atoms with van der Waals surface area (Å²) in [4.78, 5) is 10.5. The molecule has 3 heteroatoms. The minimum atomic E-state index is -0.852. The highest BCUT2D eigenvalue weighted by Crippen LogP contribution is 2.05. The summed E-state index contributed by atoms with van der Waals surface area (Å²) in [6, 6.07) is 9.84. The van der Waals surface area contributed by atoms with Crippen molar-refractivity contribution in [3.05, 3.63) is 42.0 Å². The third-order valence-electron chi connectivity index (χ3n) is 2.04. The van der Waals surface area contributed by atoms with E-state index in [9.17, 15) is 4.79 Å². The summed E-state index contributed by atoms with van der Waals surface area (Å²) in [7, 11) is 0. The van der Waals surface area contributed by atoms with Gasteiger partial charge in [0.2, 0.25) is 0 Å². The Bertz CT molecular complexity index is 344. The van der Waals surface area contributed by atoms with E-state index in [1.165, 1.54) is 0 Å². The maximum absolute atomic E-state index is 10.5. The Kier molecular flexibility index (Phi) is 4.41. The summed E-state index contributed by atoms with van der Waals surface area (Å²) >= 11 is 0. The van der Waals surface area contributed by atoms with Crippen molar-refractivity contribution < 1.29 is 9.90 Å². The van der Waals surface area contributed by atoms with Crippen molar-refractivity contribution >= 4 is 11.7 Å². The van der Waals surface area contributed by atoms with E-state index in [4.69, 9.17) is 5.11 Å². The van der Waals surface area contributed by atoms with Gasteiger partial charge in [0.1, 0.15) is 0 Å². The molecule has 15 heavy (non-hydrogen) atoms. The van der Waals surface area contributed by atoms with Gasteiger partial charge >= 0.3 is 5.97 Å². The molecule has 1 aromatic carbocycles. The lowest BCUT2D eigenvalue weighted by Crippen LogP contribution is -2.01. The van der Waals surface area contributed by atoms with Crippen molar-refractivity contribution in [3.8, 4) is 0 Å². The van der Waals surface area contributed by atoms with Crippen LogP contribution in [0.25, 0.3) is 0 Å². The Morgan fingerprint density at radius 2 is 2.07 bits per heavy atom. The zero-order valence-corrected chi connectivity index (χ0v) is 8.73. The molecule has 0 aromatic heterocycles. The quantitative estimate of drug-likeness (QED) is 0.573. The highest BCUT2D eigenvalue weighted by molar-refractivity contribution is 5.85. The summed E-state index contributed by atoms with van der Waals surface area (Å²) < 4.78 is 0. The minimum absolute atomic E-state index is 0.393. The number of benzene rings is 1. The third-order valence-corrected chi connectivity index (χ3v) is 2.04. The number of carboxylic acid groups (broad SMARTS) is 1. The van der Waals surface area contributed by atoms with Crippen molar-refractivity contribution in [3.63, 3.8) is 0 Å². The smallest absolute Gasteiger partial charge is 0.330 e. The Hall–Kier alpha value is -1.77. The molecular formula is C12H15NO2. The van der Waals surface area contributed by atoms with E-state index in [-0.39, 0.29) is 0 Å². The number of hydrogen-bond donors (Lipinski definition) is 2. The standard InChI is InChI=1S/C12H15NO2/c1-10(12(14)15)6-5-9-13-11-7-3-2-4-8-11/h2-4,6-8,13H,5,9H2,1H3,(H,14,15)/b10-6+. The number of carboxylic acids is 1. The van der Waals surface area contributed by atoms with Crippen LogP contribution in [0.15, 0.2) is 42.0 Å². The van der Waals surface area contributed by atoms with Crippen LogP contribution in [0, 0.1) is 0 Å². The van der Waals surface area contributed by atoms with Crippen LogP contribution in [0.3, 0.4) is 0 Å². The number of nitrogens with one attached hydrogen (secondary N) is 1. The van der Waals surface area contributed by atoms with Crippen LogP contribution in [0.2, 0.25) is 0 Å². The second-order valence-corrected chi connectivity index (χ2v) is 3.27. The first kappa shape index (κ1) is 11.3. The van der Waals surface area contributed by atoms with Gasteiger partial charge in [-0.25, -0.2) is 4.79 Å². The topological polar surface area (TPSA) is 49.3 Å². The lowest BCUT2D eigenvalue weighted by atomic mass is 10.2. The van der Waals surface area contributed by atoms with E-state index >= 15 is 0 Å². The molecule has 3 nitrogen and oxygen atoms in total. The van der Waals surface area contributed by atoms with Gasteiger partial charge in [-0.15, -0.1) is 0 Å². The maximum Gasteiger partial charge on any atom is 0.330 e. The molecule has 0 heterocycles. The largest absolute Gasteiger partial charge is 0.478 e. The first-order chi connectivity index (χ1) is 7.20. The summed E-state index contributed by atoms with van der Waals surface area (Å²) in [6.07, 6.45) is 2.44. The molecule has 1 aromatic rings. The van der Waals surface area contributed by atoms with E-state index in [0.717, 1.165) is 12.2 Å². The van der Waals surface area contributed by atoms with Crippen LogP contribution in [0.1, 0.15) is 13.3 Å². The normalized spacial score (nSPS) is 11.1. The van der Waals surface area contributed by atoms with Gasteiger partial charge in [0, 0.05) is 17.8 Å². The Morgan fingerprint density at radius 1 is 1.40 bits per heavy atom. The van der Waals surface area contributed by atoms with Gasteiger partial charge < -0.3 is 10.4 Å². The highest BCUT2D eigenvalue weighted by Gasteiger charge is 1.97. The lowest BCUT2D eigenvalue weighted by molar-refractivity contribution is -0.132. The van der Waals surface area contributed by atoms with Crippen LogP contribution in [-0.4, -0.2) is 17.6 Å². The second kappa shape index (κ2) is 5.86. The number of rotatable bonds is 5. The zero-order valence-electron chi connectivity index (χ0n) is 8.73. The van der Waals surface area contributed by atoms with Crippen LogP contribution < -0.4 is 5.32 Å². The van der Waals surface area contributed by atoms with Crippen LogP contribution in [-0.2, 0) is 4.79 Å². The average molecular weight is 205 g/mol. The predicted octanol–water partition coefficient (Wildman–Crippen LogP) is 2.52. The summed E-state index contributed by atoms with van der Waals surface area (Å²) in [5, 5.41) is 11.8. The maximum atomic E-state index is 10.5. The number of para-hydroxylation sites is 1. The van der Waals surface area contributed by atoms with Crippen LogP contribution >= 0.6 is 0 Å². The molecule has 2 N–H and O–H groups in total. The molecule has 0 spiro atoms. The molecule has 0 saturated carbocycles. The molecule has 1 rings (SSSR count). The minimum Gasteiger partial charge on any atom is -0.478 e. The van der Waals surface area contributed by atoms with E-state index < -0.39 is 5.97 Å². The number of aliphatic carboxylic acids is 1. The van der Waals surface area contributed by atoms with Gasteiger partial charge in [0.05, 0.1) is 0 Å². The molecule has 0 aliphatic heterocycles. The van der Waals surface area contributed by atoms with Crippen LogP contribution in [0.5, 0.6) is 0 Å². The van der Waals surface area contributed by atoms with Crippen molar-refractivity contribution in [2.75, 3.05) is 11.9 Å². The van der Waals surface area contributed by atoms with Crippen molar-refractivity contribution in [2.24, 2.45) is 0 Å². The van der Waals surface area contributed by atoms with Crippen LogP contribution in [0.4, 0.5) is 5.69 Å². The Labute approximate surface area is 89.4 Å². The van der Waals surface area contributed by atoms with E-state index in [1.54, 1.807) is 13.0 Å². The summed E-state index contributed by atoms with van der Waals surface area (Å²) in [6.45, 7) is 2.35. The number of hydrogen-bond acceptors (Lipinski definition) is 2. The molecule has 0 unspecified atom stereocenters. The SMILES string of the molecule is C/C(=C\CCNc1ccccc1)C(=O)O. The zero-order chi connectivity index (χ0) is 11.1. The third kappa shape index (κ3) is 4.31. The van der Waals surface area contributed by atoms with E-state index in [0.29, 0.717) is 12.0 Å². The monoisotopic (exact) mass is 205 g/mol. The fourth-order valence-corrected chi connectivity index (χ4v) is 1.15. The fraction of sp³-hybridized carbons (Fsp3) is 0.250. The molecule has 0 fully saturated rings. The number of carbonyl (C=O) groups is 1. The van der Waals surface area contributed by atoms with Gasteiger partial charge in [0.15, 0.2) is 0 Å². The first-order valence-electron chi connectivity index (χ1n) is 4.89. The Morgan fingerprint density at radius 3 is 2.67 bits per heavy atom. The van der Waals surface area contributed by atoms with Gasteiger partial charge in [-0.3, -0.25) is 0 Å². The molecule has 0 aliphatic carbocycles. The Balaban J connectivity index is 2.29. The molecule has 0 saturated heterocycles. The molecule has 0 atom stereocenters. The molecule has 0 aliphatic rings. The van der Waals surface area contributed by atoms with Crippen molar-refractivity contribution in [2.45, 2.75) is 13.3 Å². The van der Waals surface area contributed by atoms with Gasteiger partial charge in [-0.05, 0) is 25.5 Å². The molecular weight excluding hydrogens is 190 g/mol. The second-order valence-electron chi connectivity index (χ2n) is 3.27. The molecule has 80 valence electrons. The summed E-state index contributed by atoms with van der Waals surface area (Å²) in [5.74, 6) is -0.852.